The minimum absolute atomic E-state index is 0.0484. The van der Waals surface area contributed by atoms with E-state index in [2.05, 4.69) is 15.3 Å². The lowest BCUT2D eigenvalue weighted by molar-refractivity contribution is -0.385. The molecule has 9 nitrogen and oxygen atoms in total. The highest BCUT2D eigenvalue weighted by Crippen LogP contribution is 2.29. The van der Waals surface area contributed by atoms with Crippen molar-refractivity contribution in [3.8, 4) is 17.2 Å². The number of benzene rings is 2. The summed E-state index contributed by atoms with van der Waals surface area (Å²) in [5, 5.41) is 14.8. The van der Waals surface area contributed by atoms with E-state index in [1.807, 2.05) is 0 Å². The summed E-state index contributed by atoms with van der Waals surface area (Å²) in [6, 6.07) is 9.82. The average Bonchev–Trinajstić information content (AvgIpc) is 2.70. The number of methoxy groups -OCH3 is 1. The van der Waals surface area contributed by atoms with Crippen LogP contribution in [0, 0.1) is 10.1 Å². The van der Waals surface area contributed by atoms with E-state index < -0.39 is 24.0 Å². The molecule has 0 aromatic heterocycles. The number of hydrogen-bond acceptors (Lipinski definition) is 7. The largest absolute Gasteiger partial charge is 0.493 e. The van der Waals surface area contributed by atoms with Gasteiger partial charge in [0.05, 0.1) is 17.7 Å². The molecule has 0 spiro atoms. The molecule has 0 radical (unpaired) electrons. The Kier molecular flexibility index (Phi) is 7.40. The van der Waals surface area contributed by atoms with Gasteiger partial charge in [0.15, 0.2) is 23.9 Å². The lowest BCUT2D eigenvalue weighted by Gasteiger charge is -2.11. The summed E-state index contributed by atoms with van der Waals surface area (Å²) in [6.07, 6.45) is 0. The quantitative estimate of drug-likeness (QED) is 0.387. The van der Waals surface area contributed by atoms with Gasteiger partial charge in [0.25, 0.3) is 5.91 Å². The summed E-state index contributed by atoms with van der Waals surface area (Å²) in [5.41, 5.74) is 2.82. The van der Waals surface area contributed by atoms with Gasteiger partial charge in [-0.15, -0.1) is 0 Å². The molecule has 2 aromatic carbocycles. The zero-order valence-electron chi connectivity index (χ0n) is 15.4. The van der Waals surface area contributed by atoms with E-state index in [9.17, 15) is 23.7 Å². The van der Waals surface area contributed by atoms with Crippen LogP contribution in [-0.2, 0) is 4.79 Å². The maximum atomic E-state index is 12.4. The standard InChI is InChI=1S/C18H17F2N3O6/c1-11(12-7-8-15(29-18(19)20)16(9-12)27-2)21-22-17(24)10-28-14-6-4-3-5-13(14)23(25)26/h3-9,18H,10H2,1-2H3,(H,22,24)/b21-11-. The number of alkyl halides is 2. The Balaban J connectivity index is 2.00. The summed E-state index contributed by atoms with van der Waals surface area (Å²) in [5.74, 6) is -0.760. The molecule has 0 heterocycles. The van der Waals surface area contributed by atoms with Crippen molar-refractivity contribution >= 4 is 17.3 Å². The van der Waals surface area contributed by atoms with E-state index >= 15 is 0 Å². The summed E-state index contributed by atoms with van der Waals surface area (Å²) in [7, 11) is 1.30. The third-order valence-electron chi connectivity index (χ3n) is 3.57. The zero-order chi connectivity index (χ0) is 21.4. The van der Waals surface area contributed by atoms with E-state index in [-0.39, 0.29) is 22.9 Å². The Bertz CT molecular complexity index is 920. The van der Waals surface area contributed by atoms with Crippen LogP contribution < -0.4 is 19.6 Å². The van der Waals surface area contributed by atoms with Gasteiger partial charge >= 0.3 is 12.3 Å². The van der Waals surface area contributed by atoms with Gasteiger partial charge in [0.2, 0.25) is 0 Å². The summed E-state index contributed by atoms with van der Waals surface area (Å²) < 4.78 is 39.2. The minimum Gasteiger partial charge on any atom is -0.493 e. The van der Waals surface area contributed by atoms with Crippen LogP contribution >= 0.6 is 0 Å². The molecule has 0 atom stereocenters. The number of nitro groups is 1. The molecular formula is C18H17F2N3O6. The first-order valence-corrected chi connectivity index (χ1v) is 8.14. The first-order chi connectivity index (χ1) is 13.8. The van der Waals surface area contributed by atoms with Crippen LogP contribution in [0.4, 0.5) is 14.5 Å². The Morgan fingerprint density at radius 1 is 1.21 bits per heavy atom. The van der Waals surface area contributed by atoms with Gasteiger partial charge in [0, 0.05) is 11.6 Å². The lowest BCUT2D eigenvalue weighted by atomic mass is 10.1. The molecule has 0 saturated carbocycles. The number of hydrogen-bond donors (Lipinski definition) is 1. The van der Waals surface area contributed by atoms with Crippen molar-refractivity contribution in [2.45, 2.75) is 13.5 Å². The Morgan fingerprint density at radius 2 is 1.93 bits per heavy atom. The number of halogens is 2. The second-order valence-corrected chi connectivity index (χ2v) is 5.49. The van der Waals surface area contributed by atoms with Crippen LogP contribution in [0.25, 0.3) is 0 Å². The highest BCUT2D eigenvalue weighted by Gasteiger charge is 2.15. The topological polar surface area (TPSA) is 112 Å². The fourth-order valence-corrected chi connectivity index (χ4v) is 2.20. The van der Waals surface area contributed by atoms with Crippen LogP contribution in [0.1, 0.15) is 12.5 Å². The average molecular weight is 409 g/mol. The molecule has 1 amide bonds. The van der Waals surface area contributed by atoms with E-state index in [0.29, 0.717) is 11.3 Å². The Hall–Kier alpha value is -3.76. The van der Waals surface area contributed by atoms with E-state index in [1.54, 1.807) is 6.92 Å². The number of para-hydroxylation sites is 2. The molecule has 29 heavy (non-hydrogen) atoms. The van der Waals surface area contributed by atoms with Crippen LogP contribution in [0.2, 0.25) is 0 Å². The molecule has 0 aliphatic rings. The van der Waals surface area contributed by atoms with Gasteiger partial charge in [0.1, 0.15) is 0 Å². The van der Waals surface area contributed by atoms with Crippen molar-refractivity contribution in [3.63, 3.8) is 0 Å². The number of carbonyl (C=O) groups excluding carboxylic acids is 1. The molecule has 0 saturated heterocycles. The van der Waals surface area contributed by atoms with Gasteiger partial charge < -0.3 is 14.2 Å². The van der Waals surface area contributed by atoms with Crippen molar-refractivity contribution in [1.82, 2.24) is 5.43 Å². The van der Waals surface area contributed by atoms with Crippen LogP contribution in [0.3, 0.4) is 0 Å². The smallest absolute Gasteiger partial charge is 0.387 e. The van der Waals surface area contributed by atoms with Gasteiger partial charge in [-0.25, -0.2) is 5.43 Å². The second kappa shape index (κ2) is 9.97. The summed E-state index contributed by atoms with van der Waals surface area (Å²) in [4.78, 5) is 22.2. The number of hydrazone groups is 1. The maximum absolute atomic E-state index is 12.4. The third-order valence-corrected chi connectivity index (χ3v) is 3.57. The van der Waals surface area contributed by atoms with Crippen molar-refractivity contribution in [2.24, 2.45) is 5.10 Å². The molecule has 154 valence electrons. The Labute approximate surface area is 164 Å². The van der Waals surface area contributed by atoms with E-state index in [1.165, 1.54) is 49.6 Å². The molecule has 2 rings (SSSR count). The fourth-order valence-electron chi connectivity index (χ4n) is 2.20. The number of nitro benzene ring substituents is 1. The molecule has 2 aromatic rings. The lowest BCUT2D eigenvalue weighted by Crippen LogP contribution is -2.25. The zero-order valence-corrected chi connectivity index (χ0v) is 15.4. The molecule has 0 bridgehead atoms. The first-order valence-electron chi connectivity index (χ1n) is 8.14. The molecule has 0 aliphatic heterocycles. The number of ether oxygens (including phenoxy) is 3. The van der Waals surface area contributed by atoms with Crippen LogP contribution in [0.5, 0.6) is 17.2 Å². The summed E-state index contributed by atoms with van der Waals surface area (Å²) >= 11 is 0. The molecule has 1 N–H and O–H groups in total. The van der Waals surface area contributed by atoms with Crippen molar-refractivity contribution < 1.29 is 32.7 Å². The highest BCUT2D eigenvalue weighted by atomic mass is 19.3. The predicted octanol–water partition coefficient (Wildman–Crippen LogP) is 3.12. The molecule has 0 fully saturated rings. The highest BCUT2D eigenvalue weighted by molar-refractivity contribution is 5.99. The molecular weight excluding hydrogens is 392 g/mol. The predicted molar refractivity (Wildman–Crippen MR) is 98.6 cm³/mol. The summed E-state index contributed by atoms with van der Waals surface area (Å²) in [6.45, 7) is -1.92. The molecule has 0 unspecified atom stereocenters. The van der Waals surface area contributed by atoms with E-state index in [4.69, 9.17) is 9.47 Å². The number of amides is 1. The number of carbonyl (C=O) groups is 1. The van der Waals surface area contributed by atoms with Crippen molar-refractivity contribution in [2.75, 3.05) is 13.7 Å². The third kappa shape index (κ3) is 6.13. The SMILES string of the molecule is COc1cc(/C(C)=N\NC(=O)COc2ccccc2[N+](=O)[O-])ccc1OC(F)F. The van der Waals surface area contributed by atoms with Crippen LogP contribution in [0.15, 0.2) is 47.6 Å². The van der Waals surface area contributed by atoms with Gasteiger partial charge in [-0.3, -0.25) is 14.9 Å². The van der Waals surface area contributed by atoms with Gasteiger partial charge in [-0.05, 0) is 31.2 Å². The Morgan fingerprint density at radius 3 is 2.59 bits per heavy atom. The minimum atomic E-state index is -3.00. The number of rotatable bonds is 9. The van der Waals surface area contributed by atoms with Gasteiger partial charge in [-0.1, -0.05) is 12.1 Å². The second-order valence-electron chi connectivity index (χ2n) is 5.49. The van der Waals surface area contributed by atoms with Gasteiger partial charge in [-0.2, -0.15) is 13.9 Å². The van der Waals surface area contributed by atoms with Crippen molar-refractivity contribution in [3.05, 3.63) is 58.1 Å². The van der Waals surface area contributed by atoms with Crippen molar-refractivity contribution in [1.29, 1.82) is 0 Å². The molecule has 11 heteroatoms. The molecule has 0 aliphatic carbocycles. The van der Waals surface area contributed by atoms with Crippen LogP contribution in [-0.4, -0.2) is 36.9 Å². The van der Waals surface area contributed by atoms with E-state index in [0.717, 1.165) is 0 Å². The normalized spacial score (nSPS) is 11.1. The first kappa shape index (κ1) is 21.5. The number of nitrogens with zero attached hydrogens (tertiary/aromatic N) is 2. The number of nitrogens with one attached hydrogen (secondary N) is 1. The maximum Gasteiger partial charge on any atom is 0.387 e. The fraction of sp³-hybridized carbons (Fsp3) is 0.222. The monoisotopic (exact) mass is 409 g/mol.